The van der Waals surface area contributed by atoms with Crippen molar-refractivity contribution in [3.8, 4) is 0 Å². The van der Waals surface area contributed by atoms with Crippen molar-refractivity contribution in [2.24, 2.45) is 5.84 Å². The predicted molar refractivity (Wildman–Crippen MR) is 67.6 cm³/mol. The number of nitrogens with two attached hydrogens (primary N) is 1. The first-order chi connectivity index (χ1) is 9.63. The summed E-state index contributed by atoms with van der Waals surface area (Å²) < 4.78 is 7.04. The van der Waals surface area contributed by atoms with Gasteiger partial charge in [0, 0.05) is 6.42 Å². The highest BCUT2D eigenvalue weighted by molar-refractivity contribution is 5.70. The van der Waals surface area contributed by atoms with Crippen molar-refractivity contribution in [3.63, 3.8) is 0 Å². The normalized spacial score (nSPS) is 26.2. The molecule has 0 amide bonds. The summed E-state index contributed by atoms with van der Waals surface area (Å²) in [6, 6.07) is 0. The van der Waals surface area contributed by atoms with Crippen molar-refractivity contribution >= 4 is 17.1 Å². The highest BCUT2D eigenvalue weighted by Crippen LogP contribution is 2.30. The third-order valence-corrected chi connectivity index (χ3v) is 3.26. The molecule has 10 nitrogen and oxygen atoms in total. The predicted octanol–water partition coefficient (Wildman–Crippen LogP) is -1.95. The van der Waals surface area contributed by atoms with E-state index in [1.807, 2.05) is 0 Å². The molecule has 1 saturated heterocycles. The number of rotatable bonds is 3. The molecule has 3 atom stereocenters. The molecular formula is C10H14N6O4. The van der Waals surface area contributed by atoms with Crippen LogP contribution in [0.3, 0.4) is 0 Å². The molecule has 10 heteroatoms. The number of aromatic amines is 1. The average Bonchev–Trinajstić information content (AvgIpc) is 3.01. The highest BCUT2D eigenvalue weighted by atomic mass is 16.5. The molecular weight excluding hydrogens is 268 g/mol. The molecule has 0 unspecified atom stereocenters. The Morgan fingerprint density at radius 2 is 2.45 bits per heavy atom. The van der Waals surface area contributed by atoms with Gasteiger partial charge in [-0.1, -0.05) is 0 Å². The Morgan fingerprint density at radius 1 is 1.65 bits per heavy atom. The number of hydrogen-bond donors (Lipinski definition) is 5. The number of anilines is 1. The Hall–Kier alpha value is -2.01. The number of aliphatic hydroxyl groups is 2. The van der Waals surface area contributed by atoms with Crippen LogP contribution in [-0.2, 0) is 4.74 Å². The first-order valence-corrected chi connectivity index (χ1v) is 6.02. The summed E-state index contributed by atoms with van der Waals surface area (Å²) in [4.78, 5) is 22.3. The molecule has 1 fully saturated rings. The fourth-order valence-electron chi connectivity index (χ4n) is 2.26. The van der Waals surface area contributed by atoms with Crippen LogP contribution in [0, 0.1) is 0 Å². The number of aliphatic hydroxyl groups excluding tert-OH is 2. The Kier molecular flexibility index (Phi) is 3.14. The van der Waals surface area contributed by atoms with Crippen molar-refractivity contribution in [2.75, 3.05) is 12.0 Å². The molecule has 1 aliphatic heterocycles. The SMILES string of the molecule is NNc1nc2c(ncn2[C@H]2C[C@H](O)[C@@H](CO)O2)c(=O)[nH]1. The summed E-state index contributed by atoms with van der Waals surface area (Å²) in [5, 5.41) is 18.8. The molecule has 108 valence electrons. The largest absolute Gasteiger partial charge is 0.394 e. The molecule has 2 aromatic heterocycles. The summed E-state index contributed by atoms with van der Waals surface area (Å²) in [5.74, 6) is 5.33. The van der Waals surface area contributed by atoms with Crippen LogP contribution >= 0.6 is 0 Å². The number of hydrazine groups is 1. The summed E-state index contributed by atoms with van der Waals surface area (Å²) in [5.41, 5.74) is 2.26. The Morgan fingerprint density at radius 3 is 3.10 bits per heavy atom. The van der Waals surface area contributed by atoms with Crippen LogP contribution in [0.2, 0.25) is 0 Å². The minimum Gasteiger partial charge on any atom is -0.394 e. The van der Waals surface area contributed by atoms with Crippen molar-refractivity contribution in [1.82, 2.24) is 19.5 Å². The Labute approximate surface area is 112 Å². The molecule has 0 aromatic carbocycles. The molecule has 1 aliphatic rings. The van der Waals surface area contributed by atoms with Crippen LogP contribution in [0.5, 0.6) is 0 Å². The molecule has 0 radical (unpaired) electrons. The van der Waals surface area contributed by atoms with Crippen LogP contribution in [-0.4, -0.2) is 48.5 Å². The number of nitrogens with zero attached hydrogens (tertiary/aromatic N) is 3. The number of nitrogen functional groups attached to an aromatic ring is 1. The molecule has 6 N–H and O–H groups in total. The van der Waals surface area contributed by atoms with Gasteiger partial charge in [-0.05, 0) is 0 Å². The van der Waals surface area contributed by atoms with Crippen LogP contribution in [0.25, 0.3) is 11.2 Å². The fourth-order valence-corrected chi connectivity index (χ4v) is 2.26. The van der Waals surface area contributed by atoms with E-state index in [-0.39, 0.29) is 30.1 Å². The first kappa shape index (κ1) is 13.0. The lowest BCUT2D eigenvalue weighted by atomic mass is 10.2. The summed E-state index contributed by atoms with van der Waals surface area (Å²) >= 11 is 0. The second kappa shape index (κ2) is 4.83. The topological polar surface area (TPSA) is 151 Å². The average molecular weight is 282 g/mol. The van der Waals surface area contributed by atoms with E-state index in [4.69, 9.17) is 15.7 Å². The summed E-state index contributed by atoms with van der Waals surface area (Å²) in [6.07, 6.45) is -0.309. The number of hydrogen-bond acceptors (Lipinski definition) is 8. The second-order valence-corrected chi connectivity index (χ2v) is 4.50. The smallest absolute Gasteiger partial charge is 0.280 e. The number of imidazole rings is 1. The van der Waals surface area contributed by atoms with Crippen molar-refractivity contribution in [2.45, 2.75) is 24.9 Å². The third kappa shape index (κ3) is 1.94. The van der Waals surface area contributed by atoms with E-state index in [9.17, 15) is 9.90 Å². The van der Waals surface area contributed by atoms with Crippen molar-refractivity contribution < 1.29 is 14.9 Å². The molecule has 0 bridgehead atoms. The Bertz CT molecular complexity index is 682. The maximum absolute atomic E-state index is 11.8. The van der Waals surface area contributed by atoms with E-state index in [1.54, 1.807) is 0 Å². The number of ether oxygens (including phenoxy) is 1. The van der Waals surface area contributed by atoms with Gasteiger partial charge in [-0.15, -0.1) is 0 Å². The molecule has 0 saturated carbocycles. The Balaban J connectivity index is 2.05. The van der Waals surface area contributed by atoms with E-state index in [1.165, 1.54) is 10.9 Å². The van der Waals surface area contributed by atoms with Gasteiger partial charge in [0.1, 0.15) is 12.3 Å². The number of aromatic nitrogens is 4. The van der Waals surface area contributed by atoms with E-state index in [0.717, 1.165) is 0 Å². The van der Waals surface area contributed by atoms with Crippen LogP contribution in [0.15, 0.2) is 11.1 Å². The molecule has 20 heavy (non-hydrogen) atoms. The lowest BCUT2D eigenvalue weighted by Crippen LogP contribution is -2.24. The quantitative estimate of drug-likeness (QED) is 0.321. The van der Waals surface area contributed by atoms with Gasteiger partial charge < -0.3 is 14.9 Å². The van der Waals surface area contributed by atoms with Crippen molar-refractivity contribution in [3.05, 3.63) is 16.7 Å². The van der Waals surface area contributed by atoms with E-state index >= 15 is 0 Å². The zero-order valence-electron chi connectivity index (χ0n) is 10.4. The molecule has 0 spiro atoms. The van der Waals surface area contributed by atoms with Gasteiger partial charge in [0.2, 0.25) is 5.95 Å². The first-order valence-electron chi connectivity index (χ1n) is 6.02. The van der Waals surface area contributed by atoms with E-state index in [2.05, 4.69) is 20.4 Å². The zero-order chi connectivity index (χ0) is 14.3. The van der Waals surface area contributed by atoms with E-state index in [0.29, 0.717) is 0 Å². The number of H-pyrrole nitrogens is 1. The second-order valence-electron chi connectivity index (χ2n) is 4.50. The minimum atomic E-state index is -0.781. The molecule has 3 heterocycles. The van der Waals surface area contributed by atoms with Crippen LogP contribution in [0.4, 0.5) is 5.95 Å². The maximum atomic E-state index is 11.8. The lowest BCUT2D eigenvalue weighted by molar-refractivity contribution is -0.0432. The number of fused-ring (bicyclic) bond motifs is 1. The molecule has 2 aromatic rings. The van der Waals surface area contributed by atoms with Gasteiger partial charge in [-0.25, -0.2) is 10.8 Å². The monoisotopic (exact) mass is 282 g/mol. The van der Waals surface area contributed by atoms with Gasteiger partial charge in [0.05, 0.1) is 19.0 Å². The standard InChI is InChI=1S/C10H14N6O4/c11-15-10-13-8-7(9(19)14-10)12-3-16(8)6-1-4(18)5(2-17)20-6/h3-6,17-18H,1-2,11H2,(H2,13,14,15,19)/t4-,5+,6+/m0/s1. The molecule has 3 rings (SSSR count). The summed E-state index contributed by atoms with van der Waals surface area (Å²) in [6.45, 7) is -0.284. The van der Waals surface area contributed by atoms with Gasteiger partial charge >= 0.3 is 0 Å². The van der Waals surface area contributed by atoms with Gasteiger partial charge in [0.25, 0.3) is 5.56 Å². The van der Waals surface area contributed by atoms with Crippen LogP contribution in [0.1, 0.15) is 12.6 Å². The minimum absolute atomic E-state index is 0.0986. The van der Waals surface area contributed by atoms with Gasteiger partial charge in [-0.2, -0.15) is 4.98 Å². The fraction of sp³-hybridized carbons (Fsp3) is 0.500. The van der Waals surface area contributed by atoms with E-state index < -0.39 is 24.0 Å². The number of nitrogens with one attached hydrogen (secondary N) is 2. The highest BCUT2D eigenvalue weighted by Gasteiger charge is 2.35. The van der Waals surface area contributed by atoms with Crippen LogP contribution < -0.4 is 16.8 Å². The third-order valence-electron chi connectivity index (χ3n) is 3.26. The zero-order valence-corrected chi connectivity index (χ0v) is 10.4. The summed E-state index contributed by atoms with van der Waals surface area (Å²) in [7, 11) is 0. The van der Waals surface area contributed by atoms with Gasteiger partial charge in [-0.3, -0.25) is 19.8 Å². The molecule has 0 aliphatic carbocycles. The van der Waals surface area contributed by atoms with Crippen molar-refractivity contribution in [1.29, 1.82) is 0 Å². The van der Waals surface area contributed by atoms with Gasteiger partial charge in [0.15, 0.2) is 11.2 Å². The lowest BCUT2D eigenvalue weighted by Gasteiger charge is -2.13. The maximum Gasteiger partial charge on any atom is 0.280 e.